The first-order valence-electron chi connectivity index (χ1n) is 7.33. The van der Waals surface area contributed by atoms with Gasteiger partial charge in [0, 0.05) is 17.8 Å². The van der Waals surface area contributed by atoms with Crippen molar-refractivity contribution in [1.82, 2.24) is 5.32 Å². The lowest BCUT2D eigenvalue weighted by molar-refractivity contribution is -0.0383. The Bertz CT molecular complexity index is 593. The Morgan fingerprint density at radius 2 is 2.09 bits per heavy atom. The summed E-state index contributed by atoms with van der Waals surface area (Å²) in [5, 5.41) is 6.01. The average molecular weight is 325 g/mol. The van der Waals surface area contributed by atoms with Gasteiger partial charge < -0.3 is 15.8 Å². The first kappa shape index (κ1) is 16.8. The summed E-state index contributed by atoms with van der Waals surface area (Å²) in [6.07, 6.45) is 0.604. The number of nitrogens with two attached hydrogens (primary N) is 1. The molecule has 0 saturated heterocycles. The smallest absolute Gasteiger partial charge is 0.319 e. The third-order valence-electron chi connectivity index (χ3n) is 3.43. The normalized spacial score (nSPS) is 16.2. The number of nitrogens with one attached hydrogen (secondary N) is 2. The van der Waals surface area contributed by atoms with Crippen LogP contribution in [-0.2, 0) is 17.8 Å². The van der Waals surface area contributed by atoms with Crippen molar-refractivity contribution in [2.24, 2.45) is 11.7 Å². The van der Waals surface area contributed by atoms with E-state index in [-0.39, 0.29) is 11.6 Å². The average Bonchev–Trinajstić information content (AvgIpc) is 2.72. The fourth-order valence-corrected chi connectivity index (χ4v) is 3.48. The van der Waals surface area contributed by atoms with Crippen molar-refractivity contribution >= 4 is 28.3 Å². The maximum absolute atomic E-state index is 11.9. The van der Waals surface area contributed by atoms with Gasteiger partial charge in [0.05, 0.1) is 17.8 Å². The zero-order valence-corrected chi connectivity index (χ0v) is 14.2. The van der Waals surface area contributed by atoms with E-state index in [0.717, 1.165) is 10.4 Å². The second kappa shape index (κ2) is 6.26. The molecule has 0 aliphatic carbocycles. The molecule has 7 heteroatoms. The summed E-state index contributed by atoms with van der Waals surface area (Å²) in [4.78, 5) is 24.7. The number of carbonyl (C=O) groups is 2. The van der Waals surface area contributed by atoms with Crippen molar-refractivity contribution in [3.05, 3.63) is 16.0 Å². The van der Waals surface area contributed by atoms with Crippen molar-refractivity contribution in [2.75, 3.05) is 11.9 Å². The van der Waals surface area contributed by atoms with E-state index in [9.17, 15) is 9.59 Å². The predicted octanol–water partition coefficient (Wildman–Crippen LogP) is 2.48. The number of primary amides is 1. The Labute approximate surface area is 134 Å². The SMILES string of the molecule is CC(C)CNC(=O)Nc1sc2c(c1C(N)=O)CC(C)(C)OC2. The van der Waals surface area contributed by atoms with Gasteiger partial charge in [-0.25, -0.2) is 4.79 Å². The summed E-state index contributed by atoms with van der Waals surface area (Å²) >= 11 is 1.36. The number of urea groups is 1. The molecule has 0 radical (unpaired) electrons. The topological polar surface area (TPSA) is 93.5 Å². The Balaban J connectivity index is 2.24. The van der Waals surface area contributed by atoms with Gasteiger partial charge in [-0.15, -0.1) is 11.3 Å². The van der Waals surface area contributed by atoms with Crippen molar-refractivity contribution in [1.29, 1.82) is 0 Å². The minimum atomic E-state index is -0.519. The minimum Gasteiger partial charge on any atom is -0.370 e. The molecule has 0 atom stereocenters. The molecule has 0 spiro atoms. The maximum atomic E-state index is 11.9. The van der Waals surface area contributed by atoms with Crippen LogP contribution in [0.3, 0.4) is 0 Å². The molecule has 1 aromatic rings. The molecule has 4 N–H and O–H groups in total. The Morgan fingerprint density at radius 3 is 2.68 bits per heavy atom. The van der Waals surface area contributed by atoms with E-state index >= 15 is 0 Å². The number of thiophene rings is 1. The first-order valence-corrected chi connectivity index (χ1v) is 8.14. The molecule has 1 aliphatic rings. The third-order valence-corrected chi connectivity index (χ3v) is 4.55. The van der Waals surface area contributed by atoms with Crippen LogP contribution in [0.4, 0.5) is 9.80 Å². The van der Waals surface area contributed by atoms with E-state index in [1.54, 1.807) is 0 Å². The lowest BCUT2D eigenvalue weighted by Crippen LogP contribution is -2.33. The van der Waals surface area contributed by atoms with E-state index in [1.165, 1.54) is 11.3 Å². The molecule has 1 aliphatic heterocycles. The first-order chi connectivity index (χ1) is 10.2. The van der Waals surface area contributed by atoms with Crippen LogP contribution in [0.5, 0.6) is 0 Å². The number of rotatable bonds is 4. The second-order valence-corrected chi connectivity index (χ2v) is 7.63. The largest absolute Gasteiger partial charge is 0.370 e. The Hall–Kier alpha value is -1.60. The monoisotopic (exact) mass is 325 g/mol. The molecule has 0 saturated carbocycles. The van der Waals surface area contributed by atoms with Crippen molar-refractivity contribution in [3.63, 3.8) is 0 Å². The Morgan fingerprint density at radius 1 is 1.41 bits per heavy atom. The maximum Gasteiger partial charge on any atom is 0.319 e. The highest BCUT2D eigenvalue weighted by Gasteiger charge is 2.33. The zero-order chi connectivity index (χ0) is 16.5. The van der Waals surface area contributed by atoms with Crippen LogP contribution in [0.15, 0.2) is 0 Å². The lowest BCUT2D eigenvalue weighted by Gasteiger charge is -2.30. The number of fused-ring (bicyclic) bond motifs is 1. The van der Waals surface area contributed by atoms with Crippen LogP contribution in [0.1, 0.15) is 48.5 Å². The molecular weight excluding hydrogens is 302 g/mol. The fourth-order valence-electron chi connectivity index (χ4n) is 2.35. The van der Waals surface area contributed by atoms with Gasteiger partial charge in [-0.05, 0) is 25.3 Å². The standard InChI is InChI=1S/C15H23N3O3S/c1-8(2)6-17-14(20)18-13-11(12(16)19)9-5-15(3,4)21-7-10(9)22-13/h8H,5-7H2,1-4H3,(H2,16,19)(H2,17,18,20). The van der Waals surface area contributed by atoms with Gasteiger partial charge in [-0.3, -0.25) is 10.1 Å². The van der Waals surface area contributed by atoms with Gasteiger partial charge in [0.15, 0.2) is 0 Å². The highest BCUT2D eigenvalue weighted by molar-refractivity contribution is 7.17. The van der Waals surface area contributed by atoms with Gasteiger partial charge in [-0.2, -0.15) is 0 Å². The number of hydrogen-bond donors (Lipinski definition) is 3. The van der Waals surface area contributed by atoms with Crippen LogP contribution in [0.2, 0.25) is 0 Å². The number of anilines is 1. The minimum absolute atomic E-state index is 0.324. The van der Waals surface area contributed by atoms with Crippen LogP contribution >= 0.6 is 11.3 Å². The fraction of sp³-hybridized carbons (Fsp3) is 0.600. The molecule has 2 rings (SSSR count). The quantitative estimate of drug-likeness (QED) is 0.794. The number of ether oxygens (including phenoxy) is 1. The molecule has 0 fully saturated rings. The molecule has 2 heterocycles. The Kier molecular flexibility index (Phi) is 4.77. The van der Waals surface area contributed by atoms with Crippen molar-refractivity contribution in [2.45, 2.75) is 46.3 Å². The predicted molar refractivity (Wildman–Crippen MR) is 87.3 cm³/mol. The van der Waals surface area contributed by atoms with E-state index in [4.69, 9.17) is 10.5 Å². The van der Waals surface area contributed by atoms with Crippen LogP contribution in [0.25, 0.3) is 0 Å². The second-order valence-electron chi connectivity index (χ2n) is 6.53. The molecule has 122 valence electrons. The number of carbonyl (C=O) groups excluding carboxylic acids is 2. The summed E-state index contributed by atoms with van der Waals surface area (Å²) in [6, 6.07) is -0.324. The molecular formula is C15H23N3O3S. The summed E-state index contributed by atoms with van der Waals surface area (Å²) < 4.78 is 5.75. The third kappa shape index (κ3) is 3.78. The van der Waals surface area contributed by atoms with E-state index < -0.39 is 5.91 Å². The summed E-state index contributed by atoms with van der Waals surface area (Å²) in [5.74, 6) is -0.165. The van der Waals surface area contributed by atoms with Crippen LogP contribution < -0.4 is 16.4 Å². The summed E-state index contributed by atoms with van der Waals surface area (Å²) in [7, 11) is 0. The van der Waals surface area contributed by atoms with Crippen LogP contribution in [0, 0.1) is 5.92 Å². The molecule has 0 aromatic carbocycles. The molecule has 1 aromatic heterocycles. The van der Waals surface area contributed by atoms with E-state index in [0.29, 0.717) is 36.1 Å². The van der Waals surface area contributed by atoms with Crippen molar-refractivity contribution in [3.8, 4) is 0 Å². The lowest BCUT2D eigenvalue weighted by atomic mass is 9.93. The highest BCUT2D eigenvalue weighted by atomic mass is 32.1. The van der Waals surface area contributed by atoms with Gasteiger partial charge >= 0.3 is 6.03 Å². The molecule has 6 nitrogen and oxygen atoms in total. The van der Waals surface area contributed by atoms with Gasteiger partial charge in [0.2, 0.25) is 0 Å². The summed E-state index contributed by atoms with van der Waals surface area (Å²) in [6.45, 7) is 8.97. The van der Waals surface area contributed by atoms with E-state index in [1.807, 2.05) is 27.7 Å². The van der Waals surface area contributed by atoms with Gasteiger partial charge in [-0.1, -0.05) is 13.8 Å². The summed E-state index contributed by atoms with van der Waals surface area (Å²) in [5.41, 5.74) is 6.50. The zero-order valence-electron chi connectivity index (χ0n) is 13.4. The van der Waals surface area contributed by atoms with E-state index in [2.05, 4.69) is 10.6 Å². The highest BCUT2D eigenvalue weighted by Crippen LogP contribution is 2.40. The van der Waals surface area contributed by atoms with Gasteiger partial charge in [0.25, 0.3) is 5.91 Å². The van der Waals surface area contributed by atoms with Crippen LogP contribution in [-0.4, -0.2) is 24.1 Å². The number of hydrogen-bond acceptors (Lipinski definition) is 4. The molecule has 22 heavy (non-hydrogen) atoms. The molecule has 0 bridgehead atoms. The molecule has 3 amide bonds. The van der Waals surface area contributed by atoms with Gasteiger partial charge in [0.1, 0.15) is 5.00 Å². The number of amides is 3. The molecule has 0 unspecified atom stereocenters. The van der Waals surface area contributed by atoms with Crippen molar-refractivity contribution < 1.29 is 14.3 Å².